The van der Waals surface area contributed by atoms with E-state index >= 15 is 0 Å². The number of carboxylic acid groups (broad SMARTS) is 1. The second-order valence-corrected chi connectivity index (χ2v) is 5.20. The molecule has 0 aliphatic rings. The van der Waals surface area contributed by atoms with Crippen molar-refractivity contribution in [3.05, 3.63) is 69.8 Å². The quantitative estimate of drug-likeness (QED) is 0.401. The summed E-state index contributed by atoms with van der Waals surface area (Å²) in [5, 5.41) is 39.4. The van der Waals surface area contributed by atoms with Gasteiger partial charge in [0, 0.05) is 6.42 Å². The molecule has 0 saturated carbocycles. The Labute approximate surface area is 137 Å². The molecule has 2 aromatic rings. The lowest BCUT2D eigenvalue weighted by Crippen LogP contribution is -2.45. The monoisotopic (exact) mass is 332 g/mol. The molecule has 0 aliphatic carbocycles. The molecule has 126 valence electrons. The van der Waals surface area contributed by atoms with Crippen LogP contribution in [0.1, 0.15) is 11.1 Å². The number of nitro groups is 1. The fourth-order valence-electron chi connectivity index (χ4n) is 2.29. The molecule has 0 aromatic heterocycles. The van der Waals surface area contributed by atoms with E-state index in [4.69, 9.17) is 0 Å². The number of aromatic hydroxyl groups is 2. The van der Waals surface area contributed by atoms with E-state index in [-0.39, 0.29) is 18.7 Å². The zero-order chi connectivity index (χ0) is 17.7. The second kappa shape index (κ2) is 7.32. The summed E-state index contributed by atoms with van der Waals surface area (Å²) < 4.78 is 0. The summed E-state index contributed by atoms with van der Waals surface area (Å²) >= 11 is 0. The van der Waals surface area contributed by atoms with Crippen LogP contribution < -0.4 is 0 Å². The lowest BCUT2D eigenvalue weighted by molar-refractivity contribution is -0.665. The number of benzene rings is 2. The number of carbonyl (C=O) groups is 1. The fraction of sp³-hybridized carbons (Fsp3) is 0.188. The third-order valence-corrected chi connectivity index (χ3v) is 3.51. The average molecular weight is 332 g/mol. The Hall–Kier alpha value is -3.29. The standard InChI is InChI=1S/C16H16N2O6/c19-14-7-6-12(9-15(14)20)8-13(16(21)22)17(18(23)24)10-11-4-2-1-3-5-11/h1-7,9,13,19-20H,8,10H2,(H,21,22). The van der Waals surface area contributed by atoms with E-state index in [2.05, 4.69) is 0 Å². The topological polar surface area (TPSA) is 124 Å². The lowest BCUT2D eigenvalue weighted by atomic mass is 10.0. The van der Waals surface area contributed by atoms with Gasteiger partial charge in [0.2, 0.25) is 0 Å². The normalized spacial score (nSPS) is 11.7. The third-order valence-electron chi connectivity index (χ3n) is 3.51. The van der Waals surface area contributed by atoms with E-state index in [0.717, 1.165) is 0 Å². The van der Waals surface area contributed by atoms with Crippen LogP contribution in [0.5, 0.6) is 11.5 Å². The summed E-state index contributed by atoms with van der Waals surface area (Å²) in [5.41, 5.74) is 0.964. The first-order chi connectivity index (χ1) is 11.4. The third kappa shape index (κ3) is 4.13. The van der Waals surface area contributed by atoms with E-state index in [1.807, 2.05) is 0 Å². The Bertz CT molecular complexity index is 735. The predicted octanol–water partition coefficient (Wildman–Crippen LogP) is 1.79. The van der Waals surface area contributed by atoms with Gasteiger partial charge >= 0.3 is 5.97 Å². The number of rotatable bonds is 7. The minimum absolute atomic E-state index is 0.172. The molecule has 2 aromatic carbocycles. The van der Waals surface area contributed by atoms with Crippen molar-refractivity contribution >= 4 is 5.97 Å². The number of hydrazine groups is 1. The Morgan fingerprint density at radius 3 is 2.29 bits per heavy atom. The molecule has 8 heteroatoms. The maximum Gasteiger partial charge on any atom is 0.332 e. The van der Waals surface area contributed by atoms with E-state index in [0.29, 0.717) is 16.1 Å². The zero-order valence-corrected chi connectivity index (χ0v) is 12.6. The van der Waals surface area contributed by atoms with Crippen LogP contribution in [0.15, 0.2) is 48.5 Å². The van der Waals surface area contributed by atoms with Gasteiger partial charge in [0.25, 0.3) is 0 Å². The highest BCUT2D eigenvalue weighted by Gasteiger charge is 2.33. The fourth-order valence-corrected chi connectivity index (χ4v) is 2.29. The Morgan fingerprint density at radius 2 is 1.75 bits per heavy atom. The van der Waals surface area contributed by atoms with E-state index < -0.39 is 22.8 Å². The molecule has 0 aliphatic heterocycles. The van der Waals surface area contributed by atoms with Crippen LogP contribution in [0.25, 0.3) is 0 Å². The largest absolute Gasteiger partial charge is 0.504 e. The minimum Gasteiger partial charge on any atom is -0.504 e. The molecule has 8 nitrogen and oxygen atoms in total. The number of nitrogens with zero attached hydrogens (tertiary/aromatic N) is 2. The first kappa shape index (κ1) is 17.1. The van der Waals surface area contributed by atoms with Gasteiger partial charge in [-0.05, 0) is 23.3 Å². The first-order valence-electron chi connectivity index (χ1n) is 7.07. The highest BCUT2D eigenvalue weighted by Crippen LogP contribution is 2.26. The summed E-state index contributed by atoms with van der Waals surface area (Å²) in [5.74, 6) is -2.11. The smallest absolute Gasteiger partial charge is 0.332 e. The van der Waals surface area contributed by atoms with Crippen LogP contribution in [0.3, 0.4) is 0 Å². The van der Waals surface area contributed by atoms with Crippen molar-refractivity contribution in [1.82, 2.24) is 5.01 Å². The minimum atomic E-state index is -1.43. The molecule has 0 heterocycles. The van der Waals surface area contributed by atoms with Gasteiger partial charge in [-0.2, -0.15) is 0 Å². The van der Waals surface area contributed by atoms with Crippen molar-refractivity contribution in [2.75, 3.05) is 0 Å². The van der Waals surface area contributed by atoms with Crippen molar-refractivity contribution in [3.63, 3.8) is 0 Å². The Balaban J connectivity index is 2.26. The molecule has 3 N–H and O–H groups in total. The molecule has 1 unspecified atom stereocenters. The van der Waals surface area contributed by atoms with Gasteiger partial charge in [0.05, 0.1) is 0 Å². The molecule has 0 radical (unpaired) electrons. The summed E-state index contributed by atoms with van der Waals surface area (Å²) in [4.78, 5) is 22.9. The van der Waals surface area contributed by atoms with Crippen LogP contribution >= 0.6 is 0 Å². The van der Waals surface area contributed by atoms with E-state index in [1.54, 1.807) is 30.3 Å². The summed E-state index contributed by atoms with van der Waals surface area (Å²) in [7, 11) is 0. The van der Waals surface area contributed by atoms with Crippen molar-refractivity contribution in [1.29, 1.82) is 0 Å². The SMILES string of the molecule is O=C(O)C(Cc1ccc(O)c(O)c1)N(Cc1ccccc1)[N+](=O)[O-]. The number of hydrogen-bond acceptors (Lipinski definition) is 5. The average Bonchev–Trinajstić information content (AvgIpc) is 2.54. The van der Waals surface area contributed by atoms with Gasteiger partial charge in [-0.3, -0.25) is 0 Å². The van der Waals surface area contributed by atoms with Gasteiger partial charge in [-0.25, -0.2) is 14.9 Å². The molecule has 0 amide bonds. The number of hydrogen-bond donors (Lipinski definition) is 3. The number of carboxylic acids is 1. The number of phenolic OH excluding ortho intramolecular Hbond substituents is 2. The van der Waals surface area contributed by atoms with Gasteiger partial charge in [0.15, 0.2) is 22.6 Å². The summed E-state index contributed by atoms with van der Waals surface area (Å²) in [6.07, 6.45) is -0.197. The molecule has 24 heavy (non-hydrogen) atoms. The van der Waals surface area contributed by atoms with Crippen molar-refractivity contribution in [3.8, 4) is 11.5 Å². The molecule has 0 fully saturated rings. The summed E-state index contributed by atoms with van der Waals surface area (Å²) in [6.45, 7) is -0.172. The molecular formula is C16H16N2O6. The molecule has 0 bridgehead atoms. The molecular weight excluding hydrogens is 316 g/mol. The first-order valence-corrected chi connectivity index (χ1v) is 7.07. The van der Waals surface area contributed by atoms with Gasteiger partial charge in [0.1, 0.15) is 6.54 Å². The maximum absolute atomic E-state index is 11.5. The second-order valence-electron chi connectivity index (χ2n) is 5.20. The zero-order valence-electron chi connectivity index (χ0n) is 12.6. The van der Waals surface area contributed by atoms with Gasteiger partial charge < -0.3 is 15.3 Å². The highest BCUT2D eigenvalue weighted by atomic mass is 16.7. The Morgan fingerprint density at radius 1 is 1.08 bits per heavy atom. The van der Waals surface area contributed by atoms with Crippen LogP contribution in [-0.4, -0.2) is 37.4 Å². The van der Waals surface area contributed by atoms with Crippen molar-refractivity contribution < 1.29 is 25.1 Å². The van der Waals surface area contributed by atoms with Crippen LogP contribution in [0, 0.1) is 10.1 Å². The lowest BCUT2D eigenvalue weighted by Gasteiger charge is -2.21. The van der Waals surface area contributed by atoms with Gasteiger partial charge in [-0.15, -0.1) is 5.01 Å². The predicted molar refractivity (Wildman–Crippen MR) is 83.9 cm³/mol. The van der Waals surface area contributed by atoms with E-state index in [1.165, 1.54) is 18.2 Å². The number of aliphatic carboxylic acids is 1. The van der Waals surface area contributed by atoms with Crippen LogP contribution in [0.2, 0.25) is 0 Å². The van der Waals surface area contributed by atoms with Crippen molar-refractivity contribution in [2.45, 2.75) is 19.0 Å². The van der Waals surface area contributed by atoms with Crippen LogP contribution in [0.4, 0.5) is 0 Å². The number of phenols is 2. The van der Waals surface area contributed by atoms with Gasteiger partial charge in [-0.1, -0.05) is 36.4 Å². The van der Waals surface area contributed by atoms with E-state index in [9.17, 15) is 30.2 Å². The van der Waals surface area contributed by atoms with Crippen molar-refractivity contribution in [2.24, 2.45) is 0 Å². The summed E-state index contributed by atoms with van der Waals surface area (Å²) in [6, 6.07) is 10.9. The molecule has 2 rings (SSSR count). The maximum atomic E-state index is 11.5. The Kier molecular flexibility index (Phi) is 5.20. The molecule has 0 spiro atoms. The highest BCUT2D eigenvalue weighted by molar-refractivity contribution is 5.73. The molecule has 1 atom stereocenters. The molecule has 0 saturated heterocycles. The van der Waals surface area contributed by atoms with Crippen LogP contribution in [-0.2, 0) is 17.8 Å².